The Labute approximate surface area is 143 Å². The third-order valence-electron chi connectivity index (χ3n) is 4.47. The normalized spacial score (nSPS) is 17.5. The summed E-state index contributed by atoms with van der Waals surface area (Å²) in [6, 6.07) is 17.9. The maximum absolute atomic E-state index is 12.6. The van der Waals surface area contributed by atoms with Crippen LogP contribution in [0.15, 0.2) is 54.6 Å². The van der Waals surface area contributed by atoms with Gasteiger partial charge in [-0.05, 0) is 49.7 Å². The Kier molecular flexibility index (Phi) is 5.49. The lowest BCUT2D eigenvalue weighted by molar-refractivity contribution is 0.0698. The number of nitrogens with one attached hydrogen (secondary N) is 1. The predicted molar refractivity (Wildman–Crippen MR) is 95.2 cm³/mol. The number of rotatable bonds is 5. The third-order valence-corrected chi connectivity index (χ3v) is 4.47. The summed E-state index contributed by atoms with van der Waals surface area (Å²) in [5.41, 5.74) is 1.85. The van der Waals surface area contributed by atoms with Crippen LogP contribution < -0.4 is 10.1 Å². The highest BCUT2D eigenvalue weighted by Crippen LogP contribution is 2.18. The first kappa shape index (κ1) is 16.5. The number of hydrogen-bond donors (Lipinski definition) is 1. The molecule has 0 spiro atoms. The van der Waals surface area contributed by atoms with E-state index in [9.17, 15) is 4.79 Å². The molecule has 4 nitrogen and oxygen atoms in total. The largest absolute Gasteiger partial charge is 0.489 e. The van der Waals surface area contributed by atoms with Crippen LogP contribution in [0.1, 0.15) is 28.8 Å². The molecule has 0 bridgehead atoms. The van der Waals surface area contributed by atoms with Crippen LogP contribution in [0.2, 0.25) is 0 Å². The van der Waals surface area contributed by atoms with Crippen molar-refractivity contribution < 1.29 is 9.53 Å². The van der Waals surface area contributed by atoms with Gasteiger partial charge in [-0.3, -0.25) is 4.79 Å². The van der Waals surface area contributed by atoms with Gasteiger partial charge in [-0.15, -0.1) is 0 Å². The molecule has 1 fully saturated rings. The molecule has 0 aliphatic carbocycles. The molecular formula is C20H24N2O2. The minimum atomic E-state index is 0.101. The Morgan fingerprint density at radius 3 is 2.62 bits per heavy atom. The molecule has 1 amide bonds. The average Bonchev–Trinajstić information content (AvgIpc) is 2.67. The van der Waals surface area contributed by atoms with Gasteiger partial charge in [0, 0.05) is 24.7 Å². The Morgan fingerprint density at radius 1 is 1.17 bits per heavy atom. The van der Waals surface area contributed by atoms with Gasteiger partial charge in [-0.1, -0.05) is 30.3 Å². The van der Waals surface area contributed by atoms with Crippen molar-refractivity contribution >= 4 is 5.91 Å². The van der Waals surface area contributed by atoms with Crippen LogP contribution in [0.25, 0.3) is 0 Å². The van der Waals surface area contributed by atoms with Crippen LogP contribution in [0.5, 0.6) is 5.75 Å². The molecule has 2 aromatic carbocycles. The van der Waals surface area contributed by atoms with Gasteiger partial charge in [0.25, 0.3) is 5.91 Å². The zero-order valence-corrected chi connectivity index (χ0v) is 14.1. The lowest BCUT2D eigenvalue weighted by Crippen LogP contribution is -2.46. The first-order valence-corrected chi connectivity index (χ1v) is 8.49. The van der Waals surface area contributed by atoms with E-state index in [0.29, 0.717) is 12.6 Å². The Balaban J connectivity index is 1.58. The fraction of sp³-hybridized carbons (Fsp3) is 0.350. The Hall–Kier alpha value is -2.33. The van der Waals surface area contributed by atoms with Gasteiger partial charge < -0.3 is 15.0 Å². The zero-order valence-electron chi connectivity index (χ0n) is 14.1. The first-order chi connectivity index (χ1) is 11.8. The van der Waals surface area contributed by atoms with Crippen LogP contribution >= 0.6 is 0 Å². The fourth-order valence-electron chi connectivity index (χ4n) is 3.01. The van der Waals surface area contributed by atoms with Gasteiger partial charge in [0.2, 0.25) is 0 Å². The maximum atomic E-state index is 12.6. The molecule has 1 atom stereocenters. The lowest BCUT2D eigenvalue weighted by atomic mass is 10.0. The van der Waals surface area contributed by atoms with E-state index in [-0.39, 0.29) is 5.91 Å². The van der Waals surface area contributed by atoms with Gasteiger partial charge >= 0.3 is 0 Å². The molecule has 0 aromatic heterocycles. The highest BCUT2D eigenvalue weighted by atomic mass is 16.5. The van der Waals surface area contributed by atoms with E-state index in [0.717, 1.165) is 42.8 Å². The number of piperidine rings is 1. The van der Waals surface area contributed by atoms with Crippen molar-refractivity contribution in [1.29, 1.82) is 0 Å². The summed E-state index contributed by atoms with van der Waals surface area (Å²) < 4.78 is 5.77. The number of carbonyl (C=O) groups excluding carboxylic acids is 1. The molecule has 1 N–H and O–H groups in total. The summed E-state index contributed by atoms with van der Waals surface area (Å²) in [5.74, 6) is 0.881. The molecule has 3 rings (SSSR count). The topological polar surface area (TPSA) is 41.6 Å². The quantitative estimate of drug-likeness (QED) is 0.919. The van der Waals surface area contributed by atoms with Crippen LogP contribution in [-0.4, -0.2) is 37.0 Å². The second-order valence-electron chi connectivity index (χ2n) is 6.18. The molecule has 2 aromatic rings. The number of benzene rings is 2. The molecule has 126 valence electrons. The van der Waals surface area contributed by atoms with E-state index in [2.05, 4.69) is 5.32 Å². The van der Waals surface area contributed by atoms with Crippen molar-refractivity contribution in [3.8, 4) is 5.75 Å². The number of ether oxygens (including phenoxy) is 1. The molecule has 24 heavy (non-hydrogen) atoms. The van der Waals surface area contributed by atoms with Crippen molar-refractivity contribution in [2.75, 3.05) is 20.1 Å². The van der Waals surface area contributed by atoms with E-state index < -0.39 is 0 Å². The van der Waals surface area contributed by atoms with E-state index in [1.807, 2.05) is 66.5 Å². The van der Waals surface area contributed by atoms with Gasteiger partial charge in [-0.2, -0.15) is 0 Å². The van der Waals surface area contributed by atoms with Crippen molar-refractivity contribution in [2.24, 2.45) is 0 Å². The van der Waals surface area contributed by atoms with Gasteiger partial charge in [0.15, 0.2) is 0 Å². The van der Waals surface area contributed by atoms with Crippen LogP contribution in [0, 0.1) is 0 Å². The zero-order chi connectivity index (χ0) is 16.8. The smallest absolute Gasteiger partial charge is 0.253 e. The van der Waals surface area contributed by atoms with Gasteiger partial charge in [0.05, 0.1) is 0 Å². The summed E-state index contributed by atoms with van der Waals surface area (Å²) in [6.45, 7) is 2.15. The standard InChI is InChI=1S/C20H24N2O2/c1-21-18-8-5-13-22(14-18)20(23)17-9-11-19(12-10-17)24-15-16-6-3-2-4-7-16/h2-4,6-7,9-12,18,21H,5,8,13-15H2,1H3. The molecular weight excluding hydrogens is 300 g/mol. The highest BCUT2D eigenvalue weighted by molar-refractivity contribution is 5.94. The van der Waals surface area contributed by atoms with E-state index in [4.69, 9.17) is 4.74 Å². The molecule has 0 radical (unpaired) electrons. The minimum absolute atomic E-state index is 0.101. The third kappa shape index (κ3) is 4.15. The number of amides is 1. The minimum Gasteiger partial charge on any atom is -0.489 e. The van der Waals surface area contributed by atoms with Gasteiger partial charge in [0.1, 0.15) is 12.4 Å². The molecule has 1 heterocycles. The SMILES string of the molecule is CNC1CCCN(C(=O)c2ccc(OCc3ccccc3)cc2)C1. The summed E-state index contributed by atoms with van der Waals surface area (Å²) >= 11 is 0. The molecule has 1 aliphatic heterocycles. The Bertz CT molecular complexity index is 655. The number of nitrogens with zero attached hydrogens (tertiary/aromatic N) is 1. The van der Waals surface area contributed by atoms with E-state index >= 15 is 0 Å². The summed E-state index contributed by atoms with van der Waals surface area (Å²) in [7, 11) is 1.96. The first-order valence-electron chi connectivity index (χ1n) is 8.49. The van der Waals surface area contributed by atoms with Crippen LogP contribution in [0.4, 0.5) is 0 Å². The second kappa shape index (κ2) is 7.97. The van der Waals surface area contributed by atoms with Crippen molar-refractivity contribution in [3.05, 3.63) is 65.7 Å². The number of hydrogen-bond acceptors (Lipinski definition) is 3. The average molecular weight is 324 g/mol. The predicted octanol–water partition coefficient (Wildman–Crippen LogP) is 3.09. The van der Waals surface area contributed by atoms with E-state index in [1.165, 1.54) is 0 Å². The van der Waals surface area contributed by atoms with Crippen LogP contribution in [-0.2, 0) is 6.61 Å². The summed E-state index contributed by atoms with van der Waals surface area (Å²) in [6.07, 6.45) is 2.18. The lowest BCUT2D eigenvalue weighted by Gasteiger charge is -2.32. The fourth-order valence-corrected chi connectivity index (χ4v) is 3.01. The molecule has 1 saturated heterocycles. The van der Waals surface area contributed by atoms with E-state index in [1.54, 1.807) is 0 Å². The number of carbonyl (C=O) groups is 1. The summed E-state index contributed by atoms with van der Waals surface area (Å²) in [4.78, 5) is 14.5. The number of likely N-dealkylation sites (tertiary alicyclic amines) is 1. The van der Waals surface area contributed by atoms with Crippen LogP contribution in [0.3, 0.4) is 0 Å². The van der Waals surface area contributed by atoms with Crippen molar-refractivity contribution in [3.63, 3.8) is 0 Å². The molecule has 1 unspecified atom stereocenters. The molecule has 0 saturated carbocycles. The Morgan fingerprint density at radius 2 is 1.92 bits per heavy atom. The second-order valence-corrected chi connectivity index (χ2v) is 6.18. The molecule has 1 aliphatic rings. The monoisotopic (exact) mass is 324 g/mol. The van der Waals surface area contributed by atoms with Crippen molar-refractivity contribution in [2.45, 2.75) is 25.5 Å². The highest BCUT2D eigenvalue weighted by Gasteiger charge is 2.23. The summed E-state index contributed by atoms with van der Waals surface area (Å²) in [5, 5.41) is 3.27. The molecule has 4 heteroatoms. The van der Waals surface area contributed by atoms with Gasteiger partial charge in [-0.25, -0.2) is 0 Å². The number of likely N-dealkylation sites (N-methyl/N-ethyl adjacent to an activating group) is 1. The maximum Gasteiger partial charge on any atom is 0.253 e. The van der Waals surface area contributed by atoms with Crippen molar-refractivity contribution in [1.82, 2.24) is 10.2 Å².